The molecule has 1 aliphatic rings. The molecule has 1 aromatic carbocycles. The fraction of sp³-hybridized carbons (Fsp3) is 0.444. The minimum Gasteiger partial charge on any atom is -0.443 e. The van der Waals surface area contributed by atoms with Crippen molar-refractivity contribution >= 4 is 5.91 Å². The average Bonchev–Trinajstić information content (AvgIpc) is 3.05. The van der Waals surface area contributed by atoms with Gasteiger partial charge < -0.3 is 9.32 Å². The molecule has 1 saturated heterocycles. The van der Waals surface area contributed by atoms with Crippen LogP contribution in [0.15, 0.2) is 34.9 Å². The van der Waals surface area contributed by atoms with E-state index in [0.717, 1.165) is 25.8 Å². The molecule has 1 aromatic heterocycles. The summed E-state index contributed by atoms with van der Waals surface area (Å²) >= 11 is 0. The van der Waals surface area contributed by atoms with E-state index in [9.17, 15) is 9.18 Å². The number of hydrogen-bond acceptors (Lipinski definition) is 3. The predicted octanol–water partition coefficient (Wildman–Crippen LogP) is 3.87. The number of benzene rings is 1. The van der Waals surface area contributed by atoms with E-state index in [1.807, 2.05) is 11.8 Å². The second-order valence-electron chi connectivity index (χ2n) is 5.89. The third-order valence-electron chi connectivity index (χ3n) is 4.30. The van der Waals surface area contributed by atoms with Gasteiger partial charge in [-0.1, -0.05) is 25.1 Å². The zero-order chi connectivity index (χ0) is 16.2. The van der Waals surface area contributed by atoms with Gasteiger partial charge in [-0.2, -0.15) is 0 Å². The molecule has 1 aliphatic heterocycles. The summed E-state index contributed by atoms with van der Waals surface area (Å²) in [5, 5.41) is 0. The lowest BCUT2D eigenvalue weighted by Gasteiger charge is -2.33. The molecule has 0 unspecified atom stereocenters. The van der Waals surface area contributed by atoms with Gasteiger partial charge in [-0.05, 0) is 30.9 Å². The SMILES string of the molecule is CCC(=O)N1CCCC[C@H]1c1ncc(Cc2ccccc2F)o1. The van der Waals surface area contributed by atoms with Crippen LogP contribution in [0.3, 0.4) is 0 Å². The molecule has 2 aromatic rings. The van der Waals surface area contributed by atoms with E-state index < -0.39 is 0 Å². The summed E-state index contributed by atoms with van der Waals surface area (Å²) in [6, 6.07) is 6.56. The Kier molecular flexibility index (Phi) is 4.74. The van der Waals surface area contributed by atoms with Crippen LogP contribution in [0.5, 0.6) is 0 Å². The number of halogens is 1. The van der Waals surface area contributed by atoms with Crippen LogP contribution < -0.4 is 0 Å². The number of aromatic nitrogens is 1. The first-order valence-electron chi connectivity index (χ1n) is 8.16. The lowest BCUT2D eigenvalue weighted by molar-refractivity contribution is -0.135. The summed E-state index contributed by atoms with van der Waals surface area (Å²) < 4.78 is 19.6. The Morgan fingerprint density at radius 3 is 3.00 bits per heavy atom. The molecule has 1 atom stereocenters. The van der Waals surface area contributed by atoms with Gasteiger partial charge in [0.05, 0.1) is 6.20 Å². The molecule has 0 N–H and O–H groups in total. The van der Waals surface area contributed by atoms with Gasteiger partial charge in [0.15, 0.2) is 0 Å². The lowest BCUT2D eigenvalue weighted by atomic mass is 10.0. The first-order valence-corrected chi connectivity index (χ1v) is 8.16. The average molecular weight is 316 g/mol. The third-order valence-corrected chi connectivity index (χ3v) is 4.30. The number of rotatable bonds is 4. The molecule has 4 nitrogen and oxygen atoms in total. The van der Waals surface area contributed by atoms with Gasteiger partial charge in [-0.15, -0.1) is 0 Å². The molecule has 122 valence electrons. The van der Waals surface area contributed by atoms with E-state index >= 15 is 0 Å². The summed E-state index contributed by atoms with van der Waals surface area (Å²) in [5.74, 6) is 1.08. The molecule has 1 amide bonds. The molecule has 23 heavy (non-hydrogen) atoms. The second kappa shape index (κ2) is 6.94. The van der Waals surface area contributed by atoms with Crippen LogP contribution in [0.25, 0.3) is 0 Å². The number of nitrogens with zero attached hydrogens (tertiary/aromatic N) is 2. The standard InChI is InChI=1S/C18H21FN2O2/c1-2-17(22)21-10-6-5-9-16(21)18-20-12-14(23-18)11-13-7-3-4-8-15(13)19/h3-4,7-8,12,16H,2,5-6,9-11H2,1H3/t16-/m0/s1. The van der Waals surface area contributed by atoms with Crippen molar-refractivity contribution in [1.29, 1.82) is 0 Å². The van der Waals surface area contributed by atoms with Crippen molar-refractivity contribution in [2.24, 2.45) is 0 Å². The minimum absolute atomic E-state index is 0.0921. The molecule has 0 bridgehead atoms. The van der Waals surface area contributed by atoms with Crippen LogP contribution in [0.1, 0.15) is 55.9 Å². The number of carbonyl (C=O) groups is 1. The number of hydrogen-bond donors (Lipinski definition) is 0. The van der Waals surface area contributed by atoms with Gasteiger partial charge in [-0.3, -0.25) is 4.79 Å². The van der Waals surface area contributed by atoms with Gasteiger partial charge in [0.1, 0.15) is 17.6 Å². The Balaban J connectivity index is 1.78. The molecular formula is C18H21FN2O2. The number of likely N-dealkylation sites (tertiary alicyclic amines) is 1. The second-order valence-corrected chi connectivity index (χ2v) is 5.89. The number of amides is 1. The quantitative estimate of drug-likeness (QED) is 0.860. The van der Waals surface area contributed by atoms with Crippen LogP contribution in [0.2, 0.25) is 0 Å². The van der Waals surface area contributed by atoms with Gasteiger partial charge in [0.25, 0.3) is 0 Å². The monoisotopic (exact) mass is 316 g/mol. The summed E-state index contributed by atoms with van der Waals surface area (Å²) in [6.45, 7) is 2.62. The van der Waals surface area contributed by atoms with Crippen molar-refractivity contribution in [1.82, 2.24) is 9.88 Å². The number of carbonyl (C=O) groups excluding carboxylic acids is 1. The van der Waals surface area contributed by atoms with Crippen molar-refractivity contribution in [3.63, 3.8) is 0 Å². The van der Waals surface area contributed by atoms with E-state index in [1.165, 1.54) is 6.07 Å². The van der Waals surface area contributed by atoms with Crippen LogP contribution in [-0.2, 0) is 11.2 Å². The van der Waals surface area contributed by atoms with E-state index in [-0.39, 0.29) is 17.8 Å². The van der Waals surface area contributed by atoms with Crippen molar-refractivity contribution < 1.29 is 13.6 Å². The normalized spacial score (nSPS) is 18.2. The molecule has 5 heteroatoms. The predicted molar refractivity (Wildman–Crippen MR) is 84.3 cm³/mol. The molecule has 2 heterocycles. The van der Waals surface area contributed by atoms with Crippen molar-refractivity contribution in [3.05, 3.63) is 53.5 Å². The Morgan fingerprint density at radius 2 is 2.22 bits per heavy atom. The zero-order valence-corrected chi connectivity index (χ0v) is 13.3. The molecular weight excluding hydrogens is 295 g/mol. The van der Waals surface area contributed by atoms with Gasteiger partial charge in [-0.25, -0.2) is 9.37 Å². The van der Waals surface area contributed by atoms with Gasteiger partial charge in [0, 0.05) is 19.4 Å². The van der Waals surface area contributed by atoms with Crippen LogP contribution in [0, 0.1) is 5.82 Å². The minimum atomic E-state index is -0.245. The number of oxazole rings is 1. The topological polar surface area (TPSA) is 46.3 Å². The molecule has 1 fully saturated rings. The maximum atomic E-state index is 13.7. The molecule has 0 spiro atoms. The highest BCUT2D eigenvalue weighted by molar-refractivity contribution is 5.76. The summed E-state index contributed by atoms with van der Waals surface area (Å²) in [6.07, 6.45) is 5.44. The van der Waals surface area contributed by atoms with Crippen LogP contribution in [-0.4, -0.2) is 22.3 Å². The zero-order valence-electron chi connectivity index (χ0n) is 13.3. The van der Waals surface area contributed by atoms with E-state index in [2.05, 4.69) is 4.98 Å². The molecule has 0 saturated carbocycles. The van der Waals surface area contributed by atoms with Crippen molar-refractivity contribution in [2.75, 3.05) is 6.54 Å². The Labute approximate surface area is 135 Å². The van der Waals surface area contributed by atoms with E-state index in [1.54, 1.807) is 24.4 Å². The first-order chi connectivity index (χ1) is 11.2. The van der Waals surface area contributed by atoms with Gasteiger partial charge >= 0.3 is 0 Å². The number of piperidine rings is 1. The van der Waals surface area contributed by atoms with E-state index in [4.69, 9.17) is 4.42 Å². The van der Waals surface area contributed by atoms with Gasteiger partial charge in [0.2, 0.25) is 11.8 Å². The molecule has 0 aliphatic carbocycles. The highest BCUT2D eigenvalue weighted by Gasteiger charge is 2.30. The highest BCUT2D eigenvalue weighted by Crippen LogP contribution is 2.31. The molecule has 0 radical (unpaired) electrons. The van der Waals surface area contributed by atoms with Crippen molar-refractivity contribution in [3.8, 4) is 0 Å². The Hall–Kier alpha value is -2.17. The highest BCUT2D eigenvalue weighted by atomic mass is 19.1. The van der Waals surface area contributed by atoms with E-state index in [0.29, 0.717) is 30.1 Å². The fourth-order valence-corrected chi connectivity index (χ4v) is 3.08. The first kappa shape index (κ1) is 15.7. The maximum absolute atomic E-state index is 13.7. The largest absolute Gasteiger partial charge is 0.443 e. The maximum Gasteiger partial charge on any atom is 0.222 e. The third kappa shape index (κ3) is 3.44. The fourth-order valence-electron chi connectivity index (χ4n) is 3.08. The van der Waals surface area contributed by atoms with Crippen LogP contribution in [0.4, 0.5) is 4.39 Å². The Bertz CT molecular complexity index is 683. The smallest absolute Gasteiger partial charge is 0.222 e. The summed E-state index contributed by atoms with van der Waals surface area (Å²) in [4.78, 5) is 18.3. The summed E-state index contributed by atoms with van der Waals surface area (Å²) in [7, 11) is 0. The summed E-state index contributed by atoms with van der Waals surface area (Å²) in [5.41, 5.74) is 0.584. The molecule has 3 rings (SSSR count). The lowest BCUT2D eigenvalue weighted by Crippen LogP contribution is -2.38. The van der Waals surface area contributed by atoms with Crippen LogP contribution >= 0.6 is 0 Å². The van der Waals surface area contributed by atoms with Crippen molar-refractivity contribution in [2.45, 2.75) is 45.1 Å². The Morgan fingerprint density at radius 1 is 1.39 bits per heavy atom.